The maximum absolute atomic E-state index is 12.6. The molecule has 1 aliphatic rings. The molecule has 6 nitrogen and oxygen atoms in total. The number of hydrogen-bond donors (Lipinski definition) is 2. The predicted molar refractivity (Wildman–Crippen MR) is 87.7 cm³/mol. The summed E-state index contributed by atoms with van der Waals surface area (Å²) in [5, 5.41) is 7.09. The van der Waals surface area contributed by atoms with Crippen molar-refractivity contribution in [3.63, 3.8) is 0 Å². The van der Waals surface area contributed by atoms with Gasteiger partial charge in [0.05, 0.1) is 16.2 Å². The molecule has 0 atom stereocenters. The minimum atomic E-state index is -0.600. The molecule has 1 amide bonds. The molecule has 1 aromatic rings. The van der Waals surface area contributed by atoms with Crippen LogP contribution >= 0.6 is 23.8 Å². The third-order valence-electron chi connectivity index (χ3n) is 3.93. The van der Waals surface area contributed by atoms with Crippen molar-refractivity contribution >= 4 is 34.6 Å². The number of likely N-dealkylation sites (tertiary alicyclic amines) is 1. The van der Waals surface area contributed by atoms with E-state index in [-0.39, 0.29) is 11.8 Å². The van der Waals surface area contributed by atoms with E-state index in [0.29, 0.717) is 9.87 Å². The minimum absolute atomic E-state index is 0.155. The van der Waals surface area contributed by atoms with Gasteiger partial charge in [-0.3, -0.25) is 4.79 Å². The number of carbonyl (C=O) groups excluding carboxylic acids is 1. The van der Waals surface area contributed by atoms with Gasteiger partial charge in [0.1, 0.15) is 4.88 Å². The van der Waals surface area contributed by atoms with Crippen molar-refractivity contribution in [3.05, 3.63) is 10.6 Å². The van der Waals surface area contributed by atoms with Crippen LogP contribution in [0, 0.1) is 0 Å². The standard InChI is InChI=1S/C13H21N5OS2/c1-8(2)9-10(21-17-16-9)11(19)15-13(12(14)20)4-6-18(3)7-5-13/h8H,4-7H2,1-3H3,(H2,14,20)(H,15,19). The first-order valence-corrected chi connectivity index (χ1v) is 8.17. The van der Waals surface area contributed by atoms with Crippen molar-refractivity contribution in [1.29, 1.82) is 0 Å². The van der Waals surface area contributed by atoms with Crippen LogP contribution in [0.5, 0.6) is 0 Å². The van der Waals surface area contributed by atoms with E-state index in [1.165, 1.54) is 0 Å². The fraction of sp³-hybridized carbons (Fsp3) is 0.692. The lowest BCUT2D eigenvalue weighted by atomic mass is 9.87. The molecule has 1 aliphatic heterocycles. The van der Waals surface area contributed by atoms with Crippen LogP contribution in [0.4, 0.5) is 0 Å². The summed E-state index contributed by atoms with van der Waals surface area (Å²) >= 11 is 6.33. The number of aromatic nitrogens is 2. The molecule has 116 valence electrons. The van der Waals surface area contributed by atoms with Gasteiger partial charge < -0.3 is 16.0 Å². The van der Waals surface area contributed by atoms with Crippen molar-refractivity contribution in [2.45, 2.75) is 38.1 Å². The first-order chi connectivity index (χ1) is 9.85. The molecule has 0 saturated carbocycles. The second-order valence-corrected chi connectivity index (χ2v) is 7.04. The summed E-state index contributed by atoms with van der Waals surface area (Å²) in [7, 11) is 2.05. The molecule has 2 rings (SSSR count). The van der Waals surface area contributed by atoms with Crippen molar-refractivity contribution in [2.24, 2.45) is 5.73 Å². The van der Waals surface area contributed by atoms with Gasteiger partial charge in [-0.25, -0.2) is 0 Å². The van der Waals surface area contributed by atoms with E-state index >= 15 is 0 Å². The molecule has 8 heteroatoms. The zero-order valence-electron chi connectivity index (χ0n) is 12.5. The highest BCUT2D eigenvalue weighted by Crippen LogP contribution is 2.25. The lowest BCUT2D eigenvalue weighted by molar-refractivity contribution is 0.0893. The lowest BCUT2D eigenvalue weighted by Crippen LogP contribution is -2.61. The number of nitrogens with zero attached hydrogens (tertiary/aromatic N) is 3. The molecule has 0 aromatic carbocycles. The molecule has 21 heavy (non-hydrogen) atoms. The first kappa shape index (κ1) is 16.3. The monoisotopic (exact) mass is 327 g/mol. The number of rotatable bonds is 4. The molecule has 0 radical (unpaired) electrons. The zero-order chi connectivity index (χ0) is 15.6. The van der Waals surface area contributed by atoms with Crippen LogP contribution in [0.2, 0.25) is 0 Å². The van der Waals surface area contributed by atoms with Crippen LogP contribution in [-0.2, 0) is 0 Å². The lowest BCUT2D eigenvalue weighted by Gasteiger charge is -2.40. The Labute approximate surface area is 134 Å². The Hall–Kier alpha value is -1.12. The Balaban J connectivity index is 2.19. The Morgan fingerprint density at radius 2 is 2.10 bits per heavy atom. The number of amides is 1. The molecule has 0 aliphatic carbocycles. The van der Waals surface area contributed by atoms with E-state index in [2.05, 4.69) is 26.9 Å². The van der Waals surface area contributed by atoms with Gasteiger partial charge in [0.15, 0.2) is 0 Å². The summed E-state index contributed by atoms with van der Waals surface area (Å²) in [4.78, 5) is 15.7. The average Bonchev–Trinajstić information content (AvgIpc) is 2.91. The molecular formula is C13H21N5OS2. The Kier molecular flexibility index (Phi) is 4.90. The molecule has 1 aromatic heterocycles. The fourth-order valence-corrected chi connectivity index (χ4v) is 3.41. The summed E-state index contributed by atoms with van der Waals surface area (Å²) in [6, 6.07) is 0. The van der Waals surface area contributed by atoms with Crippen molar-refractivity contribution in [2.75, 3.05) is 20.1 Å². The number of thiocarbonyl (C=S) groups is 1. The molecule has 0 spiro atoms. The summed E-state index contributed by atoms with van der Waals surface area (Å²) in [6.45, 7) is 5.70. The van der Waals surface area contributed by atoms with Gasteiger partial charge in [0.2, 0.25) is 0 Å². The van der Waals surface area contributed by atoms with Gasteiger partial charge in [-0.15, -0.1) is 5.10 Å². The van der Waals surface area contributed by atoms with E-state index in [0.717, 1.165) is 43.2 Å². The van der Waals surface area contributed by atoms with Gasteiger partial charge in [0.25, 0.3) is 5.91 Å². The Bertz CT molecular complexity index is 534. The van der Waals surface area contributed by atoms with Crippen LogP contribution in [0.1, 0.15) is 48.0 Å². The third kappa shape index (κ3) is 3.38. The first-order valence-electron chi connectivity index (χ1n) is 6.99. The quantitative estimate of drug-likeness (QED) is 0.807. The summed E-state index contributed by atoms with van der Waals surface area (Å²) in [5.41, 5.74) is 6.04. The van der Waals surface area contributed by atoms with Crippen LogP contribution in [-0.4, -0.2) is 51.1 Å². The maximum atomic E-state index is 12.6. The number of carbonyl (C=O) groups is 1. The van der Waals surface area contributed by atoms with Gasteiger partial charge in [-0.1, -0.05) is 30.6 Å². The van der Waals surface area contributed by atoms with E-state index in [4.69, 9.17) is 18.0 Å². The highest BCUT2D eigenvalue weighted by molar-refractivity contribution is 7.80. The normalized spacial score (nSPS) is 18.7. The van der Waals surface area contributed by atoms with Gasteiger partial charge >= 0.3 is 0 Å². The highest BCUT2D eigenvalue weighted by atomic mass is 32.1. The van der Waals surface area contributed by atoms with Crippen LogP contribution < -0.4 is 11.1 Å². The van der Waals surface area contributed by atoms with Crippen LogP contribution in [0.3, 0.4) is 0 Å². The number of nitrogens with two attached hydrogens (primary N) is 1. The zero-order valence-corrected chi connectivity index (χ0v) is 14.2. The van der Waals surface area contributed by atoms with Gasteiger partial charge in [-0.05, 0) is 37.3 Å². The van der Waals surface area contributed by atoms with E-state index in [1.807, 2.05) is 13.8 Å². The largest absolute Gasteiger partial charge is 0.391 e. The number of piperidine rings is 1. The predicted octanol–water partition coefficient (Wildman–Crippen LogP) is 1.14. The van der Waals surface area contributed by atoms with Crippen molar-refractivity contribution in [1.82, 2.24) is 19.8 Å². The SMILES string of the molecule is CC(C)c1nnsc1C(=O)NC1(C(N)=S)CCN(C)CC1. The summed E-state index contributed by atoms with van der Waals surface area (Å²) in [5.74, 6) is -0.0196. The second-order valence-electron chi connectivity index (χ2n) is 5.85. The Morgan fingerprint density at radius 1 is 1.48 bits per heavy atom. The van der Waals surface area contributed by atoms with Crippen LogP contribution in [0.15, 0.2) is 0 Å². The van der Waals surface area contributed by atoms with Gasteiger partial charge in [0, 0.05) is 13.1 Å². The highest BCUT2D eigenvalue weighted by Gasteiger charge is 2.39. The fourth-order valence-electron chi connectivity index (χ4n) is 2.44. The number of nitrogens with one attached hydrogen (secondary N) is 1. The summed E-state index contributed by atoms with van der Waals surface area (Å²) < 4.78 is 3.90. The molecule has 3 N–H and O–H groups in total. The molecular weight excluding hydrogens is 306 g/mol. The van der Waals surface area contributed by atoms with E-state index in [1.54, 1.807) is 0 Å². The average molecular weight is 327 g/mol. The molecule has 0 unspecified atom stereocenters. The van der Waals surface area contributed by atoms with Gasteiger partial charge in [-0.2, -0.15) is 0 Å². The minimum Gasteiger partial charge on any atom is -0.391 e. The number of hydrogen-bond acceptors (Lipinski definition) is 6. The van der Waals surface area contributed by atoms with Crippen molar-refractivity contribution < 1.29 is 4.79 Å². The molecule has 2 heterocycles. The molecule has 1 fully saturated rings. The van der Waals surface area contributed by atoms with E-state index < -0.39 is 5.54 Å². The van der Waals surface area contributed by atoms with Crippen LogP contribution in [0.25, 0.3) is 0 Å². The topological polar surface area (TPSA) is 84.1 Å². The van der Waals surface area contributed by atoms with E-state index in [9.17, 15) is 4.79 Å². The Morgan fingerprint density at radius 3 is 2.62 bits per heavy atom. The smallest absolute Gasteiger partial charge is 0.265 e. The second kappa shape index (κ2) is 6.33. The molecule has 0 bridgehead atoms. The van der Waals surface area contributed by atoms with Crippen molar-refractivity contribution in [3.8, 4) is 0 Å². The third-order valence-corrected chi connectivity index (χ3v) is 5.06. The molecule has 1 saturated heterocycles. The summed E-state index contributed by atoms with van der Waals surface area (Å²) in [6.07, 6.45) is 1.46. The maximum Gasteiger partial charge on any atom is 0.265 e.